The molecule has 1 aromatic carbocycles. The number of aromatic hydroxyl groups is 1. The highest BCUT2D eigenvalue weighted by Crippen LogP contribution is 2.31. The van der Waals surface area contributed by atoms with Gasteiger partial charge in [0.05, 0.1) is 26.0 Å². The number of carbonyl (C=O) groups is 1. The van der Waals surface area contributed by atoms with E-state index >= 15 is 0 Å². The maximum Gasteiger partial charge on any atom is 0.300 e. The first-order valence-electron chi connectivity index (χ1n) is 5.58. The van der Waals surface area contributed by atoms with Crippen LogP contribution < -0.4 is 20.9 Å². The summed E-state index contributed by atoms with van der Waals surface area (Å²) in [6.07, 6.45) is 1.29. The van der Waals surface area contributed by atoms with Crippen LogP contribution in [-0.4, -0.2) is 42.6 Å². The zero-order valence-corrected chi connectivity index (χ0v) is 11.9. The number of carboxylic acids is 1. The molecule has 6 N–H and O–H groups in total. The first kappa shape index (κ1) is 18.0. The van der Waals surface area contributed by atoms with Gasteiger partial charge in [0.2, 0.25) is 5.96 Å². The molecule has 0 aliphatic rings. The zero-order chi connectivity index (χ0) is 16.4. The zero-order valence-electron chi connectivity index (χ0n) is 11.9. The summed E-state index contributed by atoms with van der Waals surface area (Å²) in [7, 11) is 2.95. The van der Waals surface area contributed by atoms with Gasteiger partial charge in [-0.3, -0.25) is 4.79 Å². The minimum atomic E-state index is -0.833. The molecule has 0 spiro atoms. The van der Waals surface area contributed by atoms with Gasteiger partial charge in [-0.05, 0) is 0 Å². The average Bonchev–Trinajstić information content (AvgIpc) is 2.39. The third-order valence-electron chi connectivity index (χ3n) is 1.91. The summed E-state index contributed by atoms with van der Waals surface area (Å²) in [6.45, 7) is 1.08. The van der Waals surface area contributed by atoms with E-state index in [9.17, 15) is 5.11 Å². The number of carboxylic acid groups (broad SMARTS) is 1. The van der Waals surface area contributed by atoms with E-state index in [1.165, 1.54) is 26.5 Å². The van der Waals surface area contributed by atoms with E-state index in [1.54, 1.807) is 6.07 Å². The number of nitrogens with zero attached hydrogens (tertiary/aromatic N) is 2. The number of phenols is 1. The van der Waals surface area contributed by atoms with Crippen LogP contribution in [-0.2, 0) is 4.79 Å². The van der Waals surface area contributed by atoms with Crippen molar-refractivity contribution in [2.45, 2.75) is 6.92 Å². The molecule has 0 amide bonds. The molecule has 0 aromatic heterocycles. The molecular weight excluding hydrogens is 280 g/mol. The molecule has 0 atom stereocenters. The van der Waals surface area contributed by atoms with Gasteiger partial charge >= 0.3 is 0 Å². The van der Waals surface area contributed by atoms with Crippen LogP contribution in [0.15, 0.2) is 22.3 Å². The molecule has 1 rings (SSSR count). The van der Waals surface area contributed by atoms with Gasteiger partial charge < -0.3 is 31.2 Å². The Hall–Kier alpha value is -2.97. The average molecular weight is 298 g/mol. The second-order valence-electron chi connectivity index (χ2n) is 3.55. The molecular formula is C12H18N4O5. The number of hydrogen-bond donors (Lipinski definition) is 4. The summed E-state index contributed by atoms with van der Waals surface area (Å²) in [5, 5.41) is 24.2. The first-order valence-corrected chi connectivity index (χ1v) is 5.58. The summed E-state index contributed by atoms with van der Waals surface area (Å²) in [5.41, 5.74) is 10.6. The fourth-order valence-electron chi connectivity index (χ4n) is 1.16. The lowest BCUT2D eigenvalue weighted by Gasteiger charge is -2.08. The van der Waals surface area contributed by atoms with Gasteiger partial charge in [-0.1, -0.05) is 0 Å². The van der Waals surface area contributed by atoms with Gasteiger partial charge in [0.15, 0.2) is 0 Å². The van der Waals surface area contributed by atoms with Crippen LogP contribution in [0.25, 0.3) is 0 Å². The van der Waals surface area contributed by atoms with Gasteiger partial charge in [0.25, 0.3) is 5.97 Å². The molecule has 0 unspecified atom stereocenters. The molecule has 0 saturated heterocycles. The summed E-state index contributed by atoms with van der Waals surface area (Å²) in [4.78, 5) is 9.00. The molecule has 0 fully saturated rings. The Morgan fingerprint density at radius 3 is 2.29 bits per heavy atom. The predicted molar refractivity (Wildman–Crippen MR) is 77.9 cm³/mol. The monoisotopic (exact) mass is 298 g/mol. The number of rotatable bonds is 4. The second-order valence-corrected chi connectivity index (χ2v) is 3.55. The van der Waals surface area contributed by atoms with Gasteiger partial charge in [0.1, 0.15) is 17.2 Å². The maximum absolute atomic E-state index is 9.74. The van der Waals surface area contributed by atoms with Crippen LogP contribution in [0.5, 0.6) is 17.2 Å². The number of phenolic OH excluding ortho intramolecular Hbond substituents is 1. The Labute approximate surface area is 121 Å². The molecule has 0 radical (unpaired) electrons. The van der Waals surface area contributed by atoms with Crippen LogP contribution in [0.4, 0.5) is 0 Å². The molecule has 0 heterocycles. The van der Waals surface area contributed by atoms with Gasteiger partial charge in [-0.2, -0.15) is 5.10 Å². The molecule has 0 aliphatic heterocycles. The van der Waals surface area contributed by atoms with Crippen molar-refractivity contribution in [3.05, 3.63) is 17.7 Å². The van der Waals surface area contributed by atoms with Crippen LogP contribution in [0.3, 0.4) is 0 Å². The Morgan fingerprint density at radius 2 is 1.86 bits per heavy atom. The van der Waals surface area contributed by atoms with Gasteiger partial charge in [-0.25, -0.2) is 0 Å². The SMILES string of the molecule is CC(=O)O.COc1cc(O)c(/C=N/N=C(N)N)c(OC)c1. The lowest BCUT2D eigenvalue weighted by molar-refractivity contribution is -0.134. The van der Waals surface area contributed by atoms with Crippen molar-refractivity contribution < 1.29 is 24.5 Å². The summed E-state index contributed by atoms with van der Waals surface area (Å²) >= 11 is 0. The van der Waals surface area contributed by atoms with Crippen LogP contribution in [0.2, 0.25) is 0 Å². The molecule has 9 heteroatoms. The molecule has 1 aromatic rings. The van der Waals surface area contributed by atoms with Crippen molar-refractivity contribution >= 4 is 18.1 Å². The highest BCUT2D eigenvalue weighted by Gasteiger charge is 2.09. The molecule has 0 aliphatic carbocycles. The second kappa shape index (κ2) is 9.02. The van der Waals surface area contributed by atoms with Crippen LogP contribution >= 0.6 is 0 Å². The minimum Gasteiger partial charge on any atom is -0.507 e. The van der Waals surface area contributed by atoms with Crippen LogP contribution in [0, 0.1) is 0 Å². The third kappa shape index (κ3) is 7.25. The fourth-order valence-corrected chi connectivity index (χ4v) is 1.16. The van der Waals surface area contributed by atoms with E-state index in [4.69, 9.17) is 30.8 Å². The third-order valence-corrected chi connectivity index (χ3v) is 1.91. The number of nitrogens with two attached hydrogens (primary N) is 2. The molecule has 9 nitrogen and oxygen atoms in total. The standard InChI is InChI=1S/C10H14N4O3.C2H4O2/c1-16-6-3-8(15)7(9(4-6)17-2)5-13-14-10(11)12;1-2(3)4/h3-5,15H,1-2H3,(H4,11,12,14);1H3,(H,3,4)/b13-5+;. The van der Waals surface area contributed by atoms with Gasteiger partial charge in [0, 0.05) is 19.1 Å². The number of aliphatic carboxylic acids is 1. The van der Waals surface area contributed by atoms with Crippen LogP contribution in [0.1, 0.15) is 12.5 Å². The molecule has 21 heavy (non-hydrogen) atoms. The summed E-state index contributed by atoms with van der Waals surface area (Å²) in [6, 6.07) is 3.04. The van der Waals surface area contributed by atoms with Crippen molar-refractivity contribution in [1.82, 2.24) is 0 Å². The number of hydrogen-bond acceptors (Lipinski definition) is 6. The Morgan fingerprint density at radius 1 is 1.29 bits per heavy atom. The predicted octanol–water partition coefficient (Wildman–Crippen LogP) is 0.108. The van der Waals surface area contributed by atoms with Crippen molar-refractivity contribution in [1.29, 1.82) is 0 Å². The quantitative estimate of drug-likeness (QED) is 0.349. The Balaban J connectivity index is 0.000000885. The smallest absolute Gasteiger partial charge is 0.300 e. The highest BCUT2D eigenvalue weighted by molar-refractivity contribution is 5.88. The minimum absolute atomic E-state index is 0.0456. The van der Waals surface area contributed by atoms with E-state index in [-0.39, 0.29) is 11.7 Å². The lowest BCUT2D eigenvalue weighted by atomic mass is 10.2. The maximum atomic E-state index is 9.74. The number of ether oxygens (including phenoxy) is 2. The number of guanidine groups is 1. The van der Waals surface area contributed by atoms with E-state index in [1.807, 2.05) is 0 Å². The lowest BCUT2D eigenvalue weighted by Crippen LogP contribution is -2.21. The molecule has 116 valence electrons. The van der Waals surface area contributed by atoms with Crippen molar-refractivity contribution in [3.8, 4) is 17.2 Å². The largest absolute Gasteiger partial charge is 0.507 e. The van der Waals surface area contributed by atoms with E-state index in [0.29, 0.717) is 17.1 Å². The number of methoxy groups -OCH3 is 2. The fraction of sp³-hybridized carbons (Fsp3) is 0.250. The summed E-state index contributed by atoms with van der Waals surface area (Å²) in [5.74, 6) is -0.182. The molecule has 0 bridgehead atoms. The van der Waals surface area contributed by atoms with Gasteiger partial charge in [-0.15, -0.1) is 5.10 Å². The number of benzene rings is 1. The Kier molecular flexibility index (Phi) is 7.74. The summed E-state index contributed by atoms with van der Waals surface area (Å²) < 4.78 is 10.1. The van der Waals surface area contributed by atoms with Crippen molar-refractivity contribution in [2.24, 2.45) is 21.7 Å². The first-order chi connectivity index (χ1) is 9.81. The normalized spacial score (nSPS) is 9.48. The highest BCUT2D eigenvalue weighted by atomic mass is 16.5. The van der Waals surface area contributed by atoms with Crippen molar-refractivity contribution in [3.63, 3.8) is 0 Å². The topological polar surface area (TPSA) is 153 Å². The van der Waals surface area contributed by atoms with E-state index < -0.39 is 5.97 Å². The van der Waals surface area contributed by atoms with E-state index in [2.05, 4.69) is 10.2 Å². The Bertz CT molecular complexity index is 535. The van der Waals surface area contributed by atoms with E-state index in [0.717, 1.165) is 6.92 Å². The molecule has 0 saturated carbocycles. The van der Waals surface area contributed by atoms with Crippen molar-refractivity contribution in [2.75, 3.05) is 14.2 Å².